The molecule has 5 nitrogen and oxygen atoms in total. The maximum atomic E-state index is 6.29. The number of fused-ring (bicyclic) bond motifs is 4. The third-order valence-electron chi connectivity index (χ3n) is 7.09. The molecule has 6 rings (SSSR count). The third kappa shape index (κ3) is 3.77. The van der Waals surface area contributed by atoms with Crippen LogP contribution in [0.4, 0.5) is 0 Å². The summed E-state index contributed by atoms with van der Waals surface area (Å²) in [5.41, 5.74) is 3.00. The number of nitrogens with zero attached hydrogens (tertiary/aromatic N) is 1. The first kappa shape index (κ1) is 19.7. The zero-order chi connectivity index (χ0) is 20.2. The lowest BCUT2D eigenvalue weighted by Gasteiger charge is -2.45. The number of benzene rings is 1. The summed E-state index contributed by atoms with van der Waals surface area (Å²) >= 11 is 0. The molecular weight excluding hydrogens is 366 g/mol. The van der Waals surface area contributed by atoms with Gasteiger partial charge < -0.3 is 18.9 Å². The molecule has 2 atom stereocenters. The quantitative estimate of drug-likeness (QED) is 0.742. The van der Waals surface area contributed by atoms with Crippen molar-refractivity contribution in [1.82, 2.24) is 4.90 Å². The van der Waals surface area contributed by atoms with Crippen LogP contribution in [0.3, 0.4) is 0 Å². The van der Waals surface area contributed by atoms with Crippen molar-refractivity contribution in [3.63, 3.8) is 0 Å². The second-order valence-electron chi connectivity index (χ2n) is 10.5. The number of methoxy groups -OCH3 is 1. The Balaban J connectivity index is 1.31. The van der Waals surface area contributed by atoms with Gasteiger partial charge >= 0.3 is 0 Å². The molecule has 4 heterocycles. The molecule has 2 bridgehead atoms. The van der Waals surface area contributed by atoms with Gasteiger partial charge in [0.25, 0.3) is 0 Å². The number of rotatable bonds is 5. The van der Waals surface area contributed by atoms with Crippen molar-refractivity contribution in [3.8, 4) is 11.5 Å². The van der Waals surface area contributed by atoms with E-state index in [2.05, 4.69) is 37.8 Å². The van der Waals surface area contributed by atoms with Crippen LogP contribution in [0.15, 0.2) is 12.1 Å². The van der Waals surface area contributed by atoms with E-state index < -0.39 is 0 Å². The highest BCUT2D eigenvalue weighted by Crippen LogP contribution is 2.51. The van der Waals surface area contributed by atoms with Gasteiger partial charge in [0, 0.05) is 24.5 Å². The molecule has 0 radical (unpaired) electrons. The second kappa shape index (κ2) is 7.14. The van der Waals surface area contributed by atoms with Gasteiger partial charge in [0.2, 0.25) is 0 Å². The van der Waals surface area contributed by atoms with Crippen molar-refractivity contribution in [2.75, 3.05) is 33.4 Å². The Kier molecular flexibility index (Phi) is 4.84. The van der Waals surface area contributed by atoms with Gasteiger partial charge in [0.05, 0.1) is 38.1 Å². The van der Waals surface area contributed by atoms with Crippen LogP contribution in [0.2, 0.25) is 0 Å². The van der Waals surface area contributed by atoms with Gasteiger partial charge in [-0.05, 0) is 76.1 Å². The summed E-state index contributed by atoms with van der Waals surface area (Å²) in [6.07, 6.45) is 6.42. The highest BCUT2D eigenvalue weighted by molar-refractivity contribution is 5.49. The number of hydrogen-bond donors (Lipinski definition) is 0. The molecule has 0 spiro atoms. The normalized spacial score (nSPS) is 33.6. The number of hydrogen-bond acceptors (Lipinski definition) is 5. The van der Waals surface area contributed by atoms with Gasteiger partial charge in [-0.3, -0.25) is 4.90 Å². The molecule has 0 N–H and O–H groups in total. The molecule has 160 valence electrons. The summed E-state index contributed by atoms with van der Waals surface area (Å²) in [5.74, 6) is 1.76. The van der Waals surface area contributed by atoms with Crippen LogP contribution < -0.4 is 9.47 Å². The first-order chi connectivity index (χ1) is 13.8. The van der Waals surface area contributed by atoms with Crippen LogP contribution in [0, 0.1) is 5.41 Å². The zero-order valence-electron chi connectivity index (χ0n) is 18.3. The fourth-order valence-electron chi connectivity index (χ4n) is 5.71. The Morgan fingerprint density at radius 2 is 2.00 bits per heavy atom. The summed E-state index contributed by atoms with van der Waals surface area (Å²) in [5, 5.41) is 0. The molecule has 1 aromatic carbocycles. The van der Waals surface area contributed by atoms with Crippen molar-refractivity contribution in [2.24, 2.45) is 5.41 Å². The van der Waals surface area contributed by atoms with Crippen LogP contribution in [-0.4, -0.2) is 56.1 Å². The van der Waals surface area contributed by atoms with Gasteiger partial charge in [-0.15, -0.1) is 0 Å². The molecule has 0 aromatic heterocycles. The summed E-state index contributed by atoms with van der Waals surface area (Å²) in [4.78, 5) is 2.60. The molecule has 4 aliphatic heterocycles. The van der Waals surface area contributed by atoms with E-state index in [-0.39, 0.29) is 11.0 Å². The first-order valence-corrected chi connectivity index (χ1v) is 11.2. The van der Waals surface area contributed by atoms with Crippen molar-refractivity contribution < 1.29 is 18.9 Å². The number of piperidine rings is 1. The Morgan fingerprint density at radius 3 is 2.69 bits per heavy atom. The maximum Gasteiger partial charge on any atom is 0.161 e. The summed E-state index contributed by atoms with van der Waals surface area (Å²) in [7, 11) is 1.75. The SMILES string of the molecule is COc1cc2c(cc1OCC13COC(C1)C3)CCN1CC(OC(C)(C)C)CCC21. The van der Waals surface area contributed by atoms with Crippen molar-refractivity contribution in [3.05, 3.63) is 23.3 Å². The fraction of sp³-hybridized carbons (Fsp3) is 0.750. The largest absolute Gasteiger partial charge is 0.493 e. The minimum absolute atomic E-state index is 0.0784. The molecule has 1 aliphatic carbocycles. The van der Waals surface area contributed by atoms with E-state index >= 15 is 0 Å². The molecular formula is C24H35NO4. The van der Waals surface area contributed by atoms with Crippen LogP contribution >= 0.6 is 0 Å². The van der Waals surface area contributed by atoms with Gasteiger partial charge in [0.15, 0.2) is 11.5 Å². The van der Waals surface area contributed by atoms with Gasteiger partial charge in [-0.1, -0.05) is 0 Å². The Bertz CT molecular complexity index is 759. The van der Waals surface area contributed by atoms with Crippen LogP contribution in [-0.2, 0) is 15.9 Å². The summed E-state index contributed by atoms with van der Waals surface area (Å²) < 4.78 is 24.0. The monoisotopic (exact) mass is 401 g/mol. The predicted octanol–water partition coefficient (Wildman–Crippen LogP) is 4.13. The van der Waals surface area contributed by atoms with Gasteiger partial charge in [-0.2, -0.15) is 0 Å². The van der Waals surface area contributed by atoms with Crippen LogP contribution in [0.5, 0.6) is 11.5 Å². The van der Waals surface area contributed by atoms with Crippen molar-refractivity contribution in [2.45, 2.75) is 76.7 Å². The lowest BCUT2D eigenvalue weighted by Crippen LogP contribution is -2.47. The van der Waals surface area contributed by atoms with E-state index in [9.17, 15) is 0 Å². The Labute approximate surface area is 174 Å². The van der Waals surface area contributed by atoms with E-state index in [4.69, 9.17) is 18.9 Å². The minimum atomic E-state index is -0.0784. The first-order valence-electron chi connectivity index (χ1n) is 11.2. The fourth-order valence-corrected chi connectivity index (χ4v) is 5.71. The molecule has 29 heavy (non-hydrogen) atoms. The van der Waals surface area contributed by atoms with E-state index in [0.29, 0.717) is 18.2 Å². The Morgan fingerprint density at radius 1 is 1.17 bits per heavy atom. The minimum Gasteiger partial charge on any atom is -0.493 e. The van der Waals surface area contributed by atoms with E-state index in [1.54, 1.807) is 7.11 Å². The van der Waals surface area contributed by atoms with E-state index in [0.717, 1.165) is 69.9 Å². The average molecular weight is 402 g/mol. The predicted molar refractivity (Wildman–Crippen MR) is 112 cm³/mol. The standard InChI is InChI=1S/C24H35NO4/c1-23(2,3)29-17-5-6-20-19-10-21(26-4)22(9-16(19)7-8-25(20)13-17)28-15-24-11-18(12-24)27-14-24/h9-10,17-18,20H,5-8,11-15H2,1-4H3. The van der Waals surface area contributed by atoms with Gasteiger partial charge in [-0.25, -0.2) is 0 Å². The third-order valence-corrected chi connectivity index (χ3v) is 7.09. The molecule has 2 unspecified atom stereocenters. The molecule has 3 saturated heterocycles. The lowest BCUT2D eigenvalue weighted by atomic mass is 9.71. The average Bonchev–Trinajstić information content (AvgIpc) is 3.25. The van der Waals surface area contributed by atoms with Crippen molar-refractivity contribution >= 4 is 0 Å². The highest BCUT2D eigenvalue weighted by Gasteiger charge is 2.52. The molecule has 4 fully saturated rings. The molecule has 5 aliphatic rings. The maximum absolute atomic E-state index is 6.29. The molecule has 0 amide bonds. The van der Waals surface area contributed by atoms with Crippen LogP contribution in [0.1, 0.15) is 63.6 Å². The van der Waals surface area contributed by atoms with Gasteiger partial charge in [0.1, 0.15) is 0 Å². The smallest absolute Gasteiger partial charge is 0.161 e. The topological polar surface area (TPSA) is 40.2 Å². The van der Waals surface area contributed by atoms with Crippen molar-refractivity contribution in [1.29, 1.82) is 0 Å². The zero-order valence-corrected chi connectivity index (χ0v) is 18.3. The Hall–Kier alpha value is -1.30. The molecule has 5 heteroatoms. The van der Waals surface area contributed by atoms with Crippen LogP contribution in [0.25, 0.3) is 0 Å². The summed E-state index contributed by atoms with van der Waals surface area (Å²) in [6.45, 7) is 10.1. The second-order valence-corrected chi connectivity index (χ2v) is 10.5. The molecule has 1 saturated carbocycles. The van der Waals surface area contributed by atoms with E-state index in [1.807, 2.05) is 0 Å². The van der Waals surface area contributed by atoms with E-state index in [1.165, 1.54) is 11.1 Å². The number of ether oxygens (including phenoxy) is 4. The summed E-state index contributed by atoms with van der Waals surface area (Å²) in [6, 6.07) is 4.95. The highest BCUT2D eigenvalue weighted by atomic mass is 16.5. The molecule has 1 aromatic rings. The lowest BCUT2D eigenvalue weighted by molar-refractivity contribution is -0.0971.